The molecule has 2 atom stereocenters. The van der Waals surface area contributed by atoms with Crippen molar-refractivity contribution in [2.24, 2.45) is 5.92 Å². The number of halogens is 1. The molecule has 1 aliphatic heterocycles. The average Bonchev–Trinajstić information content (AvgIpc) is 3.58. The van der Waals surface area contributed by atoms with Gasteiger partial charge in [-0.3, -0.25) is 4.79 Å². The van der Waals surface area contributed by atoms with Gasteiger partial charge in [0.05, 0.1) is 12.0 Å². The van der Waals surface area contributed by atoms with Gasteiger partial charge >= 0.3 is 0 Å². The van der Waals surface area contributed by atoms with Crippen LogP contribution in [-0.4, -0.2) is 33.4 Å². The van der Waals surface area contributed by atoms with Crippen LogP contribution in [0.2, 0.25) is 0 Å². The molecule has 1 amide bonds. The maximum atomic E-state index is 13.4. The van der Waals surface area contributed by atoms with Gasteiger partial charge in [0.2, 0.25) is 5.91 Å². The quantitative estimate of drug-likeness (QED) is 0.459. The summed E-state index contributed by atoms with van der Waals surface area (Å²) in [6.45, 7) is 4.38. The second kappa shape index (κ2) is 10.1. The summed E-state index contributed by atoms with van der Waals surface area (Å²) in [5, 5.41) is 0. The predicted molar refractivity (Wildman–Crippen MR) is 132 cm³/mol. The molecule has 2 heterocycles. The molecule has 178 valence electrons. The monoisotopic (exact) mass is 459 g/mol. The highest BCUT2D eigenvalue weighted by Gasteiger charge is 2.36. The molecule has 2 aromatic carbocycles. The van der Waals surface area contributed by atoms with Gasteiger partial charge in [-0.25, -0.2) is 9.37 Å². The van der Waals surface area contributed by atoms with Crippen molar-refractivity contribution in [3.05, 3.63) is 89.3 Å². The first-order chi connectivity index (χ1) is 16.6. The van der Waals surface area contributed by atoms with Crippen LogP contribution in [0.5, 0.6) is 0 Å². The van der Waals surface area contributed by atoms with Gasteiger partial charge in [0.15, 0.2) is 0 Å². The van der Waals surface area contributed by atoms with Crippen molar-refractivity contribution in [3.63, 3.8) is 0 Å². The number of hydrogen-bond acceptors (Lipinski definition) is 2. The predicted octanol–water partition coefficient (Wildman–Crippen LogP) is 5.92. The fourth-order valence-electron chi connectivity index (χ4n) is 5.67. The van der Waals surface area contributed by atoms with Crippen LogP contribution in [0.1, 0.15) is 73.2 Å². The van der Waals surface area contributed by atoms with E-state index in [1.807, 2.05) is 18.5 Å². The summed E-state index contributed by atoms with van der Waals surface area (Å²) < 4.78 is 15.3. The summed E-state index contributed by atoms with van der Waals surface area (Å²) in [5.74, 6) is 0.838. The van der Waals surface area contributed by atoms with Gasteiger partial charge in [-0.1, -0.05) is 56.2 Å². The highest BCUT2D eigenvalue weighted by molar-refractivity contribution is 5.79. The number of imidazole rings is 1. The van der Waals surface area contributed by atoms with Crippen LogP contribution in [0.4, 0.5) is 4.39 Å². The lowest BCUT2D eigenvalue weighted by Crippen LogP contribution is -2.44. The zero-order chi connectivity index (χ0) is 23.5. The van der Waals surface area contributed by atoms with E-state index in [2.05, 4.69) is 46.9 Å². The van der Waals surface area contributed by atoms with Gasteiger partial charge < -0.3 is 9.47 Å². The molecule has 1 saturated carbocycles. The van der Waals surface area contributed by atoms with Crippen molar-refractivity contribution in [3.8, 4) is 0 Å². The molecule has 0 bridgehead atoms. The molecule has 0 spiro atoms. The van der Waals surface area contributed by atoms with Crippen LogP contribution in [0.15, 0.2) is 61.1 Å². The van der Waals surface area contributed by atoms with E-state index >= 15 is 0 Å². The molecule has 34 heavy (non-hydrogen) atoms. The molecule has 1 aromatic heterocycles. The smallest absolute Gasteiger partial charge is 0.225 e. The summed E-state index contributed by atoms with van der Waals surface area (Å²) in [6.07, 6.45) is 10.4. The molecule has 2 aliphatic rings. The Labute approximate surface area is 201 Å². The third kappa shape index (κ3) is 5.08. The number of carbonyl (C=O) groups is 1. The lowest BCUT2D eigenvalue weighted by Gasteiger charge is -2.39. The van der Waals surface area contributed by atoms with Crippen molar-refractivity contribution in [2.45, 2.75) is 63.8 Å². The molecule has 4 nitrogen and oxygen atoms in total. The fourth-order valence-corrected chi connectivity index (χ4v) is 5.67. The summed E-state index contributed by atoms with van der Waals surface area (Å²) in [6, 6.07) is 15.6. The number of piperidine rings is 1. The minimum absolute atomic E-state index is 0.193. The third-order valence-corrected chi connectivity index (χ3v) is 7.68. The standard InChI is InChI=1S/C29H34FN3O/c1-2-21-7-11-23(12-8-21)25-15-26(18-33(17-25)29(34)24-5-3-4-6-24)28-19-32(20-31-28)16-22-9-13-27(30)14-10-22/h7-14,19-20,24-26H,2-6,15-18H2,1H3. The minimum Gasteiger partial charge on any atom is -0.341 e. The number of amides is 1. The molecule has 1 aliphatic carbocycles. The lowest BCUT2D eigenvalue weighted by atomic mass is 9.82. The Balaban J connectivity index is 1.36. The first-order valence-electron chi connectivity index (χ1n) is 12.7. The van der Waals surface area contributed by atoms with E-state index in [0.717, 1.165) is 50.0 Å². The molecule has 0 N–H and O–H groups in total. The zero-order valence-electron chi connectivity index (χ0n) is 20.0. The third-order valence-electron chi connectivity index (χ3n) is 7.68. The average molecular weight is 460 g/mol. The molecule has 2 unspecified atom stereocenters. The second-order valence-electron chi connectivity index (χ2n) is 10.0. The summed E-state index contributed by atoms with van der Waals surface area (Å²) in [5.41, 5.74) is 4.74. The topological polar surface area (TPSA) is 38.1 Å². The van der Waals surface area contributed by atoms with Crippen molar-refractivity contribution in [1.82, 2.24) is 14.5 Å². The largest absolute Gasteiger partial charge is 0.341 e. The van der Waals surface area contributed by atoms with Gasteiger partial charge in [-0.05, 0) is 54.5 Å². The van der Waals surface area contributed by atoms with Gasteiger partial charge in [0, 0.05) is 43.6 Å². The number of hydrogen-bond donors (Lipinski definition) is 0. The minimum atomic E-state index is -0.220. The van der Waals surface area contributed by atoms with E-state index in [1.54, 1.807) is 0 Å². The Bertz CT molecular complexity index is 1100. The summed E-state index contributed by atoms with van der Waals surface area (Å²) >= 11 is 0. The van der Waals surface area contributed by atoms with Crippen LogP contribution < -0.4 is 0 Å². The molecule has 0 radical (unpaired) electrons. The van der Waals surface area contributed by atoms with Crippen LogP contribution in [0, 0.1) is 11.7 Å². The van der Waals surface area contributed by atoms with Crippen molar-refractivity contribution in [1.29, 1.82) is 0 Å². The van der Waals surface area contributed by atoms with Crippen molar-refractivity contribution < 1.29 is 9.18 Å². The number of aromatic nitrogens is 2. The van der Waals surface area contributed by atoms with Gasteiger partial charge in [0.25, 0.3) is 0 Å². The van der Waals surface area contributed by atoms with E-state index in [4.69, 9.17) is 4.98 Å². The molecule has 5 heteroatoms. The number of benzene rings is 2. The Morgan fingerprint density at radius 1 is 0.971 bits per heavy atom. The first kappa shape index (κ1) is 22.8. The lowest BCUT2D eigenvalue weighted by molar-refractivity contribution is -0.137. The van der Waals surface area contributed by atoms with Gasteiger partial charge in [-0.2, -0.15) is 0 Å². The Hall–Kier alpha value is -2.95. The number of carbonyl (C=O) groups excluding carboxylic acids is 1. The van der Waals surface area contributed by atoms with E-state index in [0.29, 0.717) is 18.4 Å². The first-order valence-corrected chi connectivity index (χ1v) is 12.7. The maximum absolute atomic E-state index is 13.4. The van der Waals surface area contributed by atoms with E-state index in [-0.39, 0.29) is 17.7 Å². The van der Waals surface area contributed by atoms with E-state index in [9.17, 15) is 9.18 Å². The SMILES string of the molecule is CCc1ccc(C2CC(c3cn(Cc4ccc(F)cc4)cn3)CN(C(=O)C3CCCC3)C2)cc1. The van der Waals surface area contributed by atoms with E-state index in [1.165, 1.54) is 36.1 Å². The van der Waals surface area contributed by atoms with Gasteiger partial charge in [0.1, 0.15) is 5.82 Å². The molecule has 3 aromatic rings. The number of rotatable bonds is 6. The highest BCUT2D eigenvalue weighted by Crippen LogP contribution is 2.37. The Kier molecular flexibility index (Phi) is 6.80. The summed E-state index contributed by atoms with van der Waals surface area (Å²) in [7, 11) is 0. The molecule has 1 saturated heterocycles. The Morgan fingerprint density at radius 2 is 1.65 bits per heavy atom. The van der Waals surface area contributed by atoms with Crippen LogP contribution >= 0.6 is 0 Å². The zero-order valence-corrected chi connectivity index (χ0v) is 20.0. The highest BCUT2D eigenvalue weighted by atomic mass is 19.1. The number of nitrogens with zero attached hydrogens (tertiary/aromatic N) is 3. The van der Waals surface area contributed by atoms with Crippen LogP contribution in [0.25, 0.3) is 0 Å². The maximum Gasteiger partial charge on any atom is 0.225 e. The number of aryl methyl sites for hydroxylation is 1. The molecular formula is C29H34FN3O. The van der Waals surface area contributed by atoms with Crippen molar-refractivity contribution in [2.75, 3.05) is 13.1 Å². The molecule has 2 fully saturated rings. The second-order valence-corrected chi connectivity index (χ2v) is 10.0. The Morgan fingerprint density at radius 3 is 2.35 bits per heavy atom. The fraction of sp³-hybridized carbons (Fsp3) is 0.448. The number of likely N-dealkylation sites (tertiary alicyclic amines) is 1. The van der Waals surface area contributed by atoms with Crippen LogP contribution in [-0.2, 0) is 17.8 Å². The normalized spacial score (nSPS) is 21.2. The van der Waals surface area contributed by atoms with E-state index < -0.39 is 0 Å². The summed E-state index contributed by atoms with van der Waals surface area (Å²) in [4.78, 5) is 20.3. The molecular weight excluding hydrogens is 425 g/mol. The van der Waals surface area contributed by atoms with Crippen molar-refractivity contribution >= 4 is 5.91 Å². The van der Waals surface area contributed by atoms with Crippen LogP contribution in [0.3, 0.4) is 0 Å². The van der Waals surface area contributed by atoms with Gasteiger partial charge in [-0.15, -0.1) is 0 Å². The molecule has 5 rings (SSSR count).